The Labute approximate surface area is 135 Å². The number of hydrogen-bond donors (Lipinski definition) is 1. The highest BCUT2D eigenvalue weighted by atomic mass is 32.2. The first-order chi connectivity index (χ1) is 10.8. The van der Waals surface area contributed by atoms with E-state index in [-0.39, 0.29) is 11.4 Å². The Kier molecular flexibility index (Phi) is 3.95. The Morgan fingerprint density at radius 3 is 2.57 bits per heavy atom. The fourth-order valence-corrected chi connectivity index (χ4v) is 3.44. The minimum absolute atomic E-state index is 0.205. The number of nitrogens with zero attached hydrogens (tertiary/aromatic N) is 1. The zero-order chi connectivity index (χ0) is 16.6. The van der Waals surface area contributed by atoms with Gasteiger partial charge < -0.3 is 4.42 Å². The zero-order valence-electron chi connectivity index (χ0n) is 13.3. The van der Waals surface area contributed by atoms with E-state index in [2.05, 4.69) is 9.71 Å². The van der Waals surface area contributed by atoms with Gasteiger partial charge in [0, 0.05) is 13.5 Å². The van der Waals surface area contributed by atoms with Crippen molar-refractivity contribution in [2.45, 2.75) is 32.2 Å². The molecule has 5 nitrogen and oxygen atoms in total. The van der Waals surface area contributed by atoms with Crippen molar-refractivity contribution in [1.29, 1.82) is 0 Å². The molecule has 6 heteroatoms. The minimum atomic E-state index is -3.54. The summed E-state index contributed by atoms with van der Waals surface area (Å²) in [5.41, 5.74) is 4.27. The Balaban J connectivity index is 1.80. The molecular weight excluding hydrogens is 312 g/mol. The molecule has 2 aromatic carbocycles. The summed E-state index contributed by atoms with van der Waals surface area (Å²) in [6.45, 7) is 5.84. The van der Waals surface area contributed by atoms with Gasteiger partial charge in [0.25, 0.3) is 0 Å². The van der Waals surface area contributed by atoms with Gasteiger partial charge in [0.2, 0.25) is 10.0 Å². The lowest BCUT2D eigenvalue weighted by Gasteiger charge is -2.08. The van der Waals surface area contributed by atoms with E-state index in [0.29, 0.717) is 11.5 Å². The summed E-state index contributed by atoms with van der Waals surface area (Å²) >= 11 is 0. The van der Waals surface area contributed by atoms with Gasteiger partial charge in [-0.1, -0.05) is 12.1 Å². The molecule has 0 bridgehead atoms. The van der Waals surface area contributed by atoms with Crippen LogP contribution in [-0.2, 0) is 16.6 Å². The third-order valence-corrected chi connectivity index (χ3v) is 5.21. The molecule has 0 spiro atoms. The van der Waals surface area contributed by atoms with Gasteiger partial charge in [-0.25, -0.2) is 18.1 Å². The largest absolute Gasteiger partial charge is 0.441 e. The van der Waals surface area contributed by atoms with Crippen molar-refractivity contribution in [3.8, 4) is 0 Å². The second-order valence-electron chi connectivity index (χ2n) is 5.61. The van der Waals surface area contributed by atoms with Gasteiger partial charge in [-0.15, -0.1) is 0 Å². The Morgan fingerprint density at radius 2 is 1.83 bits per heavy atom. The molecule has 0 unspecified atom stereocenters. The number of nitrogens with one attached hydrogen (secondary N) is 1. The Hall–Kier alpha value is -2.18. The van der Waals surface area contributed by atoms with Crippen LogP contribution < -0.4 is 4.72 Å². The number of hydrogen-bond acceptors (Lipinski definition) is 4. The third kappa shape index (κ3) is 3.28. The summed E-state index contributed by atoms with van der Waals surface area (Å²) in [7, 11) is -3.54. The van der Waals surface area contributed by atoms with Gasteiger partial charge in [-0.3, -0.25) is 0 Å². The lowest BCUT2D eigenvalue weighted by molar-refractivity contribution is 0.561. The first-order valence-corrected chi connectivity index (χ1v) is 8.76. The fourth-order valence-electron chi connectivity index (χ4n) is 2.34. The van der Waals surface area contributed by atoms with Crippen molar-refractivity contribution in [2.75, 3.05) is 0 Å². The highest BCUT2D eigenvalue weighted by molar-refractivity contribution is 7.89. The van der Waals surface area contributed by atoms with Gasteiger partial charge in [-0.05, 0) is 54.8 Å². The number of fused-ring (bicyclic) bond motifs is 1. The quantitative estimate of drug-likeness (QED) is 0.797. The van der Waals surface area contributed by atoms with Crippen molar-refractivity contribution >= 4 is 21.1 Å². The predicted octanol–water partition coefficient (Wildman–Crippen LogP) is 3.23. The van der Waals surface area contributed by atoms with E-state index in [1.165, 1.54) is 0 Å². The number of oxazole rings is 1. The highest BCUT2D eigenvalue weighted by Crippen LogP contribution is 2.18. The lowest BCUT2D eigenvalue weighted by atomic mass is 10.1. The molecule has 1 N–H and O–H groups in total. The van der Waals surface area contributed by atoms with Crippen LogP contribution in [-0.4, -0.2) is 13.4 Å². The van der Waals surface area contributed by atoms with Crippen LogP contribution >= 0.6 is 0 Å². The van der Waals surface area contributed by atoms with Crippen LogP contribution in [0.3, 0.4) is 0 Å². The van der Waals surface area contributed by atoms with Gasteiger partial charge in [-0.2, -0.15) is 0 Å². The van der Waals surface area contributed by atoms with E-state index in [4.69, 9.17) is 4.42 Å². The SMILES string of the molecule is Cc1nc2cc(CNS(=O)(=O)c3ccc(C)c(C)c3)ccc2o1. The average molecular weight is 330 g/mol. The normalized spacial score (nSPS) is 12.0. The van der Waals surface area contributed by atoms with Gasteiger partial charge in [0.1, 0.15) is 5.52 Å². The minimum Gasteiger partial charge on any atom is -0.441 e. The molecule has 1 heterocycles. The van der Waals surface area contributed by atoms with E-state index in [1.807, 2.05) is 32.0 Å². The number of aryl methyl sites for hydroxylation is 3. The summed E-state index contributed by atoms with van der Waals surface area (Å²) in [5.74, 6) is 0.591. The maximum absolute atomic E-state index is 12.4. The molecule has 1 aromatic heterocycles. The maximum atomic E-state index is 12.4. The molecule has 0 aliphatic rings. The van der Waals surface area contributed by atoms with E-state index < -0.39 is 10.0 Å². The van der Waals surface area contributed by atoms with Crippen molar-refractivity contribution in [2.24, 2.45) is 0 Å². The molecule has 0 saturated heterocycles. The first kappa shape index (κ1) is 15.7. The number of aromatic nitrogens is 1. The fraction of sp³-hybridized carbons (Fsp3) is 0.235. The van der Waals surface area contributed by atoms with E-state index in [0.717, 1.165) is 22.2 Å². The second kappa shape index (κ2) is 5.79. The Bertz CT molecular complexity index is 975. The molecular formula is C17H18N2O3S. The maximum Gasteiger partial charge on any atom is 0.240 e. The van der Waals surface area contributed by atoms with Gasteiger partial charge >= 0.3 is 0 Å². The molecule has 120 valence electrons. The van der Waals surface area contributed by atoms with Crippen molar-refractivity contribution in [3.63, 3.8) is 0 Å². The summed E-state index contributed by atoms with van der Waals surface area (Å²) < 4.78 is 32.8. The van der Waals surface area contributed by atoms with Gasteiger partial charge in [0.15, 0.2) is 11.5 Å². The van der Waals surface area contributed by atoms with Crippen LogP contribution in [0.25, 0.3) is 11.1 Å². The second-order valence-corrected chi connectivity index (χ2v) is 7.37. The molecule has 0 aliphatic carbocycles. The molecule has 0 fully saturated rings. The van der Waals surface area contributed by atoms with E-state index in [9.17, 15) is 8.42 Å². The van der Waals surface area contributed by atoms with Crippen molar-refractivity contribution in [1.82, 2.24) is 9.71 Å². The summed E-state index contributed by atoms with van der Waals surface area (Å²) in [6.07, 6.45) is 0. The molecule has 3 rings (SSSR count). The number of rotatable bonds is 4. The summed E-state index contributed by atoms with van der Waals surface area (Å²) in [6, 6.07) is 10.6. The average Bonchev–Trinajstić information content (AvgIpc) is 2.87. The third-order valence-electron chi connectivity index (χ3n) is 3.81. The molecule has 0 amide bonds. The highest BCUT2D eigenvalue weighted by Gasteiger charge is 2.14. The van der Waals surface area contributed by atoms with Crippen LogP contribution in [0.15, 0.2) is 45.7 Å². The molecule has 0 saturated carbocycles. The van der Waals surface area contributed by atoms with Crippen LogP contribution in [0.1, 0.15) is 22.6 Å². The van der Waals surface area contributed by atoms with Crippen molar-refractivity contribution < 1.29 is 12.8 Å². The topological polar surface area (TPSA) is 72.2 Å². The van der Waals surface area contributed by atoms with Crippen LogP contribution in [0, 0.1) is 20.8 Å². The molecule has 0 aliphatic heterocycles. The lowest BCUT2D eigenvalue weighted by Crippen LogP contribution is -2.23. The van der Waals surface area contributed by atoms with E-state index >= 15 is 0 Å². The molecule has 0 radical (unpaired) electrons. The van der Waals surface area contributed by atoms with Crippen molar-refractivity contribution in [3.05, 3.63) is 59.0 Å². The first-order valence-electron chi connectivity index (χ1n) is 7.28. The monoisotopic (exact) mass is 330 g/mol. The molecule has 23 heavy (non-hydrogen) atoms. The smallest absolute Gasteiger partial charge is 0.240 e. The molecule has 3 aromatic rings. The number of benzene rings is 2. The summed E-state index contributed by atoms with van der Waals surface area (Å²) in [5, 5.41) is 0. The Morgan fingerprint density at radius 1 is 1.04 bits per heavy atom. The van der Waals surface area contributed by atoms with Crippen LogP contribution in [0.2, 0.25) is 0 Å². The van der Waals surface area contributed by atoms with Crippen LogP contribution in [0.5, 0.6) is 0 Å². The van der Waals surface area contributed by atoms with Gasteiger partial charge in [0.05, 0.1) is 4.90 Å². The predicted molar refractivity (Wildman–Crippen MR) is 88.7 cm³/mol. The number of sulfonamides is 1. The zero-order valence-corrected chi connectivity index (χ0v) is 14.1. The van der Waals surface area contributed by atoms with E-state index in [1.54, 1.807) is 25.1 Å². The summed E-state index contributed by atoms with van der Waals surface area (Å²) in [4.78, 5) is 4.53. The standard InChI is InChI=1S/C17H18N2O3S/c1-11-4-6-15(8-12(11)2)23(20,21)18-10-14-5-7-17-16(9-14)19-13(3)22-17/h4-9,18H,10H2,1-3H3. The van der Waals surface area contributed by atoms with Crippen LogP contribution in [0.4, 0.5) is 0 Å². The molecule has 0 atom stereocenters.